The lowest BCUT2D eigenvalue weighted by atomic mass is 9.86. The highest BCUT2D eigenvalue weighted by Gasteiger charge is 2.44. The summed E-state index contributed by atoms with van der Waals surface area (Å²) in [6, 6.07) is 18.2. The standard InChI is InChI=1S/C26H24F5NO/c1-2-14-32-23(18-7-4-9-20(16-18)33-26(30,31)25(28)29)13-12-22-21(10-5-11-24(22)32)17-6-3-8-19(27)15-17/h3-11,15-16,23,25H,2,12-14H2,1H3/t23-/m1/s1. The van der Waals surface area contributed by atoms with Crippen LogP contribution in [0, 0.1) is 5.82 Å². The van der Waals surface area contributed by atoms with Crippen LogP contribution in [0.2, 0.25) is 0 Å². The van der Waals surface area contributed by atoms with Crippen LogP contribution in [0.5, 0.6) is 5.75 Å². The van der Waals surface area contributed by atoms with E-state index in [0.29, 0.717) is 24.9 Å². The third-order valence-electron chi connectivity index (χ3n) is 5.86. The summed E-state index contributed by atoms with van der Waals surface area (Å²) in [5, 5.41) is 0. The van der Waals surface area contributed by atoms with Gasteiger partial charge in [-0.3, -0.25) is 0 Å². The highest BCUT2D eigenvalue weighted by Crippen LogP contribution is 2.43. The first kappa shape index (κ1) is 23.1. The molecule has 0 fully saturated rings. The van der Waals surface area contributed by atoms with Crippen molar-refractivity contribution in [2.45, 2.75) is 44.8 Å². The van der Waals surface area contributed by atoms with Crippen molar-refractivity contribution in [1.82, 2.24) is 0 Å². The Kier molecular flexibility index (Phi) is 6.58. The molecule has 33 heavy (non-hydrogen) atoms. The Hall–Kier alpha value is -3.09. The van der Waals surface area contributed by atoms with Gasteiger partial charge < -0.3 is 9.64 Å². The van der Waals surface area contributed by atoms with E-state index < -0.39 is 12.5 Å². The van der Waals surface area contributed by atoms with Gasteiger partial charge in [0.2, 0.25) is 0 Å². The minimum Gasteiger partial charge on any atom is -0.428 e. The van der Waals surface area contributed by atoms with Crippen LogP contribution in [0.15, 0.2) is 66.7 Å². The van der Waals surface area contributed by atoms with E-state index in [2.05, 4.69) is 9.64 Å². The van der Waals surface area contributed by atoms with E-state index in [1.165, 1.54) is 30.3 Å². The van der Waals surface area contributed by atoms with E-state index >= 15 is 0 Å². The number of fused-ring (bicyclic) bond motifs is 1. The highest BCUT2D eigenvalue weighted by atomic mass is 19.3. The van der Waals surface area contributed by atoms with Crippen LogP contribution < -0.4 is 9.64 Å². The van der Waals surface area contributed by atoms with Crippen molar-refractivity contribution in [3.05, 3.63) is 83.7 Å². The van der Waals surface area contributed by atoms with Crippen LogP contribution in [-0.4, -0.2) is 19.1 Å². The van der Waals surface area contributed by atoms with Gasteiger partial charge in [0, 0.05) is 12.2 Å². The Morgan fingerprint density at radius 3 is 2.52 bits per heavy atom. The summed E-state index contributed by atoms with van der Waals surface area (Å²) in [7, 11) is 0. The van der Waals surface area contributed by atoms with Gasteiger partial charge >= 0.3 is 12.5 Å². The summed E-state index contributed by atoms with van der Waals surface area (Å²) >= 11 is 0. The van der Waals surface area contributed by atoms with E-state index in [0.717, 1.165) is 28.8 Å². The first-order valence-electron chi connectivity index (χ1n) is 10.9. The Labute approximate surface area is 189 Å². The zero-order valence-electron chi connectivity index (χ0n) is 18.1. The molecule has 0 saturated carbocycles. The van der Waals surface area contributed by atoms with Gasteiger partial charge in [0.15, 0.2) is 0 Å². The van der Waals surface area contributed by atoms with Gasteiger partial charge in [-0.15, -0.1) is 0 Å². The number of halogens is 5. The Morgan fingerprint density at radius 1 is 1.03 bits per heavy atom. The predicted molar refractivity (Wildman–Crippen MR) is 119 cm³/mol. The molecule has 174 valence electrons. The van der Waals surface area contributed by atoms with Crippen molar-refractivity contribution < 1.29 is 26.7 Å². The molecule has 1 atom stereocenters. The molecule has 1 heterocycles. The monoisotopic (exact) mass is 461 g/mol. The van der Waals surface area contributed by atoms with Crippen LogP contribution >= 0.6 is 0 Å². The van der Waals surface area contributed by atoms with E-state index in [4.69, 9.17) is 0 Å². The molecular weight excluding hydrogens is 437 g/mol. The summed E-state index contributed by atoms with van der Waals surface area (Å²) in [6.45, 7) is 2.76. The number of alkyl halides is 4. The number of rotatable bonds is 7. The van der Waals surface area contributed by atoms with Crippen molar-refractivity contribution in [3.63, 3.8) is 0 Å². The minimum atomic E-state index is -4.55. The second-order valence-corrected chi connectivity index (χ2v) is 8.10. The largest absolute Gasteiger partial charge is 0.461 e. The quantitative estimate of drug-likeness (QED) is 0.335. The lowest BCUT2D eigenvalue weighted by molar-refractivity contribution is -0.253. The summed E-state index contributed by atoms with van der Waals surface area (Å²) in [4.78, 5) is 2.20. The molecule has 0 bridgehead atoms. The van der Waals surface area contributed by atoms with Gasteiger partial charge in [0.25, 0.3) is 0 Å². The number of benzene rings is 3. The molecule has 0 saturated heterocycles. The van der Waals surface area contributed by atoms with Gasteiger partial charge in [-0.1, -0.05) is 43.3 Å². The van der Waals surface area contributed by atoms with Gasteiger partial charge in [0.05, 0.1) is 6.04 Å². The SMILES string of the molecule is CCCN1c2cccc(-c3cccc(F)c3)c2CC[C@@H]1c1cccc(OC(F)(F)C(F)F)c1. The summed E-state index contributed by atoms with van der Waals surface area (Å²) in [6.07, 6.45) is -6.24. The average Bonchev–Trinajstić information content (AvgIpc) is 2.79. The summed E-state index contributed by atoms with van der Waals surface area (Å²) in [5.41, 5.74) is 4.57. The molecule has 3 aromatic carbocycles. The minimum absolute atomic E-state index is 0.135. The fraction of sp³-hybridized carbons (Fsp3) is 0.308. The average molecular weight is 461 g/mol. The van der Waals surface area contributed by atoms with Crippen LogP contribution in [0.4, 0.5) is 27.6 Å². The van der Waals surface area contributed by atoms with Gasteiger partial charge in [-0.05, 0) is 71.8 Å². The smallest absolute Gasteiger partial charge is 0.428 e. The van der Waals surface area contributed by atoms with E-state index in [-0.39, 0.29) is 17.6 Å². The molecule has 4 rings (SSSR count). The third-order valence-corrected chi connectivity index (χ3v) is 5.86. The van der Waals surface area contributed by atoms with Crippen molar-refractivity contribution in [2.75, 3.05) is 11.4 Å². The molecular formula is C26H24F5NO. The highest BCUT2D eigenvalue weighted by molar-refractivity contribution is 5.76. The van der Waals surface area contributed by atoms with E-state index in [1.807, 2.05) is 31.2 Å². The molecule has 0 radical (unpaired) electrons. The molecule has 0 aliphatic carbocycles. The summed E-state index contributed by atoms with van der Waals surface area (Å²) in [5.74, 6) is -0.602. The lowest BCUT2D eigenvalue weighted by Crippen LogP contribution is -2.35. The maximum absolute atomic E-state index is 13.8. The molecule has 2 nitrogen and oxygen atoms in total. The van der Waals surface area contributed by atoms with Crippen molar-refractivity contribution in [3.8, 4) is 16.9 Å². The van der Waals surface area contributed by atoms with Crippen molar-refractivity contribution in [1.29, 1.82) is 0 Å². The normalized spacial score (nSPS) is 16.1. The second-order valence-electron chi connectivity index (χ2n) is 8.10. The Morgan fingerprint density at radius 2 is 1.79 bits per heavy atom. The maximum Gasteiger partial charge on any atom is 0.461 e. The fourth-order valence-electron chi connectivity index (χ4n) is 4.49. The molecule has 7 heteroatoms. The molecule has 1 aliphatic rings. The van der Waals surface area contributed by atoms with Crippen LogP contribution in [0.25, 0.3) is 11.1 Å². The van der Waals surface area contributed by atoms with Crippen LogP contribution in [-0.2, 0) is 6.42 Å². The third kappa shape index (κ3) is 4.82. The topological polar surface area (TPSA) is 12.5 Å². The molecule has 0 unspecified atom stereocenters. The zero-order chi connectivity index (χ0) is 23.6. The zero-order valence-corrected chi connectivity index (χ0v) is 18.1. The van der Waals surface area contributed by atoms with Gasteiger partial charge in [-0.25, -0.2) is 4.39 Å². The number of hydrogen-bond donors (Lipinski definition) is 0. The Bertz CT molecular complexity index is 1120. The number of ether oxygens (including phenoxy) is 1. The molecule has 0 amide bonds. The number of hydrogen-bond acceptors (Lipinski definition) is 2. The number of nitrogens with zero attached hydrogens (tertiary/aromatic N) is 1. The Balaban J connectivity index is 1.70. The second kappa shape index (κ2) is 9.41. The van der Waals surface area contributed by atoms with Crippen molar-refractivity contribution in [2.24, 2.45) is 0 Å². The molecule has 0 spiro atoms. The summed E-state index contributed by atoms with van der Waals surface area (Å²) < 4.78 is 70.2. The maximum atomic E-state index is 13.8. The van der Waals surface area contributed by atoms with Gasteiger partial charge in [0.1, 0.15) is 11.6 Å². The van der Waals surface area contributed by atoms with E-state index in [9.17, 15) is 22.0 Å². The molecule has 1 aliphatic heterocycles. The lowest BCUT2D eigenvalue weighted by Gasteiger charge is -2.40. The first-order valence-corrected chi connectivity index (χ1v) is 10.9. The van der Waals surface area contributed by atoms with Crippen LogP contribution in [0.1, 0.15) is 36.9 Å². The molecule has 3 aromatic rings. The molecule has 0 N–H and O–H groups in total. The molecule has 0 aromatic heterocycles. The van der Waals surface area contributed by atoms with Gasteiger partial charge in [-0.2, -0.15) is 17.6 Å². The number of anilines is 1. The van der Waals surface area contributed by atoms with E-state index in [1.54, 1.807) is 12.1 Å². The predicted octanol–water partition coefficient (Wildman–Crippen LogP) is 7.63. The fourth-order valence-corrected chi connectivity index (χ4v) is 4.49. The first-order chi connectivity index (χ1) is 15.8. The van der Waals surface area contributed by atoms with Crippen LogP contribution in [0.3, 0.4) is 0 Å². The van der Waals surface area contributed by atoms with Crippen molar-refractivity contribution >= 4 is 5.69 Å².